The molecular weight excluding hydrogens is 224 g/mol. The number of hydrogen-bond acceptors (Lipinski definition) is 3. The third-order valence-electron chi connectivity index (χ3n) is 3.03. The molecule has 0 fully saturated rings. The van der Waals surface area contributed by atoms with Crippen LogP contribution in [0.4, 0.5) is 11.4 Å². The summed E-state index contributed by atoms with van der Waals surface area (Å²) in [6.45, 7) is 1.94. The fourth-order valence-electron chi connectivity index (χ4n) is 1.80. The average Bonchev–Trinajstić information content (AvgIpc) is 2.47. The Balaban J connectivity index is 2.19. The van der Waals surface area contributed by atoms with Gasteiger partial charge in [-0.25, -0.2) is 0 Å². The SMILES string of the molecule is CC[C@@H](O)c1ccc(N(C)c2ccccc2)cn1. The molecule has 2 rings (SSSR count). The van der Waals surface area contributed by atoms with Crippen LogP contribution in [0.25, 0.3) is 0 Å². The number of aromatic nitrogens is 1. The number of hydrogen-bond donors (Lipinski definition) is 1. The van der Waals surface area contributed by atoms with Gasteiger partial charge in [0.1, 0.15) is 0 Å². The fourth-order valence-corrected chi connectivity index (χ4v) is 1.80. The first-order valence-electron chi connectivity index (χ1n) is 6.15. The molecule has 0 saturated heterocycles. The van der Waals surface area contributed by atoms with Gasteiger partial charge in [-0.05, 0) is 30.7 Å². The summed E-state index contributed by atoms with van der Waals surface area (Å²) in [6, 6.07) is 14.0. The zero-order chi connectivity index (χ0) is 13.0. The first kappa shape index (κ1) is 12.6. The Labute approximate surface area is 108 Å². The van der Waals surface area contributed by atoms with Gasteiger partial charge >= 0.3 is 0 Å². The Bertz CT molecular complexity index is 482. The van der Waals surface area contributed by atoms with Crippen molar-refractivity contribution >= 4 is 11.4 Å². The van der Waals surface area contributed by atoms with Gasteiger partial charge in [0, 0.05) is 12.7 Å². The third kappa shape index (κ3) is 2.68. The van der Waals surface area contributed by atoms with Gasteiger partial charge in [-0.3, -0.25) is 4.98 Å². The highest BCUT2D eigenvalue weighted by Crippen LogP contribution is 2.23. The molecule has 1 atom stereocenters. The van der Waals surface area contributed by atoms with E-state index < -0.39 is 6.10 Å². The van der Waals surface area contributed by atoms with Crippen LogP contribution in [-0.2, 0) is 0 Å². The van der Waals surface area contributed by atoms with Crippen LogP contribution in [0.5, 0.6) is 0 Å². The number of para-hydroxylation sites is 1. The molecule has 0 bridgehead atoms. The van der Waals surface area contributed by atoms with E-state index >= 15 is 0 Å². The van der Waals surface area contributed by atoms with Crippen LogP contribution in [0.15, 0.2) is 48.7 Å². The van der Waals surface area contributed by atoms with Crippen molar-refractivity contribution < 1.29 is 5.11 Å². The molecule has 0 radical (unpaired) electrons. The van der Waals surface area contributed by atoms with Gasteiger partial charge in [-0.2, -0.15) is 0 Å². The second-order valence-electron chi connectivity index (χ2n) is 4.26. The number of rotatable bonds is 4. The highest BCUT2D eigenvalue weighted by atomic mass is 16.3. The van der Waals surface area contributed by atoms with Crippen molar-refractivity contribution in [3.63, 3.8) is 0 Å². The van der Waals surface area contributed by atoms with E-state index in [-0.39, 0.29) is 0 Å². The molecular formula is C15H18N2O. The van der Waals surface area contributed by atoms with Crippen LogP contribution < -0.4 is 4.90 Å². The summed E-state index contributed by atoms with van der Waals surface area (Å²) in [4.78, 5) is 6.37. The Kier molecular flexibility index (Phi) is 3.95. The molecule has 2 aromatic rings. The third-order valence-corrected chi connectivity index (χ3v) is 3.03. The monoisotopic (exact) mass is 242 g/mol. The van der Waals surface area contributed by atoms with E-state index in [1.165, 1.54) is 0 Å². The maximum atomic E-state index is 9.70. The minimum atomic E-state index is -0.471. The first-order valence-corrected chi connectivity index (χ1v) is 6.15. The average molecular weight is 242 g/mol. The largest absolute Gasteiger partial charge is 0.387 e. The van der Waals surface area contributed by atoms with Crippen LogP contribution >= 0.6 is 0 Å². The topological polar surface area (TPSA) is 36.4 Å². The Hall–Kier alpha value is -1.87. The molecule has 0 spiro atoms. The van der Waals surface area contributed by atoms with Gasteiger partial charge in [-0.1, -0.05) is 25.1 Å². The standard InChI is InChI=1S/C15H18N2O/c1-3-15(18)14-10-9-13(11-16-14)17(2)12-7-5-4-6-8-12/h4-11,15,18H,3H2,1-2H3/t15-/m1/s1. The van der Waals surface area contributed by atoms with Gasteiger partial charge in [0.05, 0.1) is 23.7 Å². The highest BCUT2D eigenvalue weighted by molar-refractivity contribution is 5.61. The van der Waals surface area contributed by atoms with Crippen LogP contribution in [0.2, 0.25) is 0 Å². The quantitative estimate of drug-likeness (QED) is 0.893. The molecule has 3 heteroatoms. The van der Waals surface area contributed by atoms with Crippen molar-refractivity contribution in [1.29, 1.82) is 0 Å². The molecule has 1 N–H and O–H groups in total. The lowest BCUT2D eigenvalue weighted by Gasteiger charge is -2.19. The summed E-state index contributed by atoms with van der Waals surface area (Å²) in [5.41, 5.74) is 2.85. The Morgan fingerprint density at radius 1 is 1.11 bits per heavy atom. The lowest BCUT2D eigenvalue weighted by molar-refractivity contribution is 0.169. The zero-order valence-corrected chi connectivity index (χ0v) is 10.7. The van der Waals surface area contributed by atoms with Crippen LogP contribution in [0, 0.1) is 0 Å². The summed E-state index contributed by atoms with van der Waals surface area (Å²) in [6.07, 6.45) is 2.00. The second-order valence-corrected chi connectivity index (χ2v) is 4.26. The Morgan fingerprint density at radius 3 is 2.39 bits per heavy atom. The van der Waals surface area contributed by atoms with E-state index in [0.29, 0.717) is 6.42 Å². The van der Waals surface area contributed by atoms with Gasteiger partial charge < -0.3 is 10.0 Å². The summed E-state index contributed by atoms with van der Waals surface area (Å²) < 4.78 is 0. The number of aliphatic hydroxyl groups is 1. The van der Waals surface area contributed by atoms with Crippen LogP contribution in [0.1, 0.15) is 25.1 Å². The summed E-state index contributed by atoms with van der Waals surface area (Å²) in [5, 5.41) is 9.70. The summed E-state index contributed by atoms with van der Waals surface area (Å²) in [7, 11) is 2.00. The number of nitrogens with zero attached hydrogens (tertiary/aromatic N) is 2. The number of aliphatic hydroxyl groups excluding tert-OH is 1. The lowest BCUT2D eigenvalue weighted by Crippen LogP contribution is -2.10. The molecule has 0 saturated carbocycles. The van der Waals surface area contributed by atoms with Crippen molar-refractivity contribution in [1.82, 2.24) is 4.98 Å². The van der Waals surface area contributed by atoms with Crippen molar-refractivity contribution in [3.8, 4) is 0 Å². The maximum absolute atomic E-state index is 9.70. The van der Waals surface area contributed by atoms with Gasteiger partial charge in [0.2, 0.25) is 0 Å². The van der Waals surface area contributed by atoms with Gasteiger partial charge in [0.25, 0.3) is 0 Å². The number of anilines is 2. The molecule has 0 aliphatic rings. The predicted octanol–water partition coefficient (Wildman–Crippen LogP) is 3.29. The molecule has 0 aliphatic carbocycles. The number of pyridine rings is 1. The molecule has 18 heavy (non-hydrogen) atoms. The molecule has 1 aromatic heterocycles. The van der Waals surface area contributed by atoms with Crippen LogP contribution in [-0.4, -0.2) is 17.1 Å². The molecule has 0 aliphatic heterocycles. The molecule has 3 nitrogen and oxygen atoms in total. The second kappa shape index (κ2) is 5.65. The molecule has 1 heterocycles. The van der Waals surface area contributed by atoms with Crippen molar-refractivity contribution in [2.45, 2.75) is 19.4 Å². The highest BCUT2D eigenvalue weighted by Gasteiger charge is 2.08. The Morgan fingerprint density at radius 2 is 1.83 bits per heavy atom. The van der Waals surface area contributed by atoms with E-state index in [9.17, 15) is 5.11 Å². The smallest absolute Gasteiger partial charge is 0.0957 e. The molecule has 1 aromatic carbocycles. The number of benzene rings is 1. The predicted molar refractivity (Wildman–Crippen MR) is 74.0 cm³/mol. The fraction of sp³-hybridized carbons (Fsp3) is 0.267. The van der Waals surface area contributed by atoms with E-state index in [4.69, 9.17) is 0 Å². The van der Waals surface area contributed by atoms with E-state index in [1.807, 2.05) is 44.3 Å². The summed E-state index contributed by atoms with van der Waals surface area (Å²) >= 11 is 0. The lowest BCUT2D eigenvalue weighted by atomic mass is 10.2. The minimum absolute atomic E-state index is 0.471. The minimum Gasteiger partial charge on any atom is -0.387 e. The zero-order valence-electron chi connectivity index (χ0n) is 10.7. The van der Waals surface area contributed by atoms with E-state index in [0.717, 1.165) is 17.1 Å². The normalized spacial score (nSPS) is 12.2. The van der Waals surface area contributed by atoms with Gasteiger partial charge in [0.15, 0.2) is 0 Å². The van der Waals surface area contributed by atoms with E-state index in [2.05, 4.69) is 22.0 Å². The maximum Gasteiger partial charge on any atom is 0.0957 e. The van der Waals surface area contributed by atoms with E-state index in [1.54, 1.807) is 6.20 Å². The van der Waals surface area contributed by atoms with Crippen molar-refractivity contribution in [3.05, 3.63) is 54.4 Å². The van der Waals surface area contributed by atoms with Gasteiger partial charge in [-0.15, -0.1) is 0 Å². The molecule has 0 amide bonds. The van der Waals surface area contributed by atoms with Crippen LogP contribution in [0.3, 0.4) is 0 Å². The molecule has 94 valence electrons. The van der Waals surface area contributed by atoms with Crippen molar-refractivity contribution in [2.24, 2.45) is 0 Å². The molecule has 0 unspecified atom stereocenters. The first-order chi connectivity index (χ1) is 8.72. The summed E-state index contributed by atoms with van der Waals surface area (Å²) in [5.74, 6) is 0. The van der Waals surface area contributed by atoms with Crippen molar-refractivity contribution in [2.75, 3.05) is 11.9 Å².